The summed E-state index contributed by atoms with van der Waals surface area (Å²) in [6.07, 6.45) is 0. The van der Waals surface area contributed by atoms with Gasteiger partial charge >= 0.3 is 0 Å². The average Bonchev–Trinajstić information content (AvgIpc) is 2.58. The Kier molecular flexibility index (Phi) is 5.71. The van der Waals surface area contributed by atoms with Crippen LogP contribution in [0, 0.1) is 18.6 Å². The van der Waals surface area contributed by atoms with Crippen LogP contribution in [0.15, 0.2) is 36.4 Å². The third-order valence-corrected chi connectivity index (χ3v) is 5.26. The topological polar surface area (TPSA) is 32.3 Å². The van der Waals surface area contributed by atoms with Crippen LogP contribution < -0.4 is 5.32 Å². The number of amides is 1. The molecule has 1 aliphatic heterocycles. The minimum absolute atomic E-state index is 0.0321. The number of hydrogen-bond acceptors (Lipinski definition) is 3. The smallest absolute Gasteiger partial charge is 0.255 e. The molecule has 2 aromatic rings. The Labute approximate surface area is 150 Å². The largest absolute Gasteiger partial charge is 0.322 e. The average molecular weight is 362 g/mol. The Morgan fingerprint density at radius 1 is 1.16 bits per heavy atom. The van der Waals surface area contributed by atoms with Gasteiger partial charge in [0.25, 0.3) is 5.91 Å². The Morgan fingerprint density at radius 3 is 2.52 bits per heavy atom. The van der Waals surface area contributed by atoms with Crippen LogP contribution in [0.5, 0.6) is 0 Å². The second-order valence-electron chi connectivity index (χ2n) is 6.09. The third-order valence-electron chi connectivity index (χ3n) is 4.32. The van der Waals surface area contributed by atoms with E-state index in [4.69, 9.17) is 0 Å². The molecule has 1 saturated heterocycles. The highest BCUT2D eigenvalue weighted by molar-refractivity contribution is 7.99. The zero-order chi connectivity index (χ0) is 17.8. The van der Waals surface area contributed by atoms with E-state index in [-0.39, 0.29) is 5.56 Å². The van der Waals surface area contributed by atoms with Gasteiger partial charge in [-0.3, -0.25) is 9.69 Å². The van der Waals surface area contributed by atoms with Crippen molar-refractivity contribution in [2.75, 3.05) is 29.9 Å². The molecule has 0 bridgehead atoms. The van der Waals surface area contributed by atoms with E-state index in [0.29, 0.717) is 5.69 Å². The molecule has 25 heavy (non-hydrogen) atoms. The van der Waals surface area contributed by atoms with E-state index >= 15 is 0 Å². The van der Waals surface area contributed by atoms with Crippen molar-refractivity contribution in [1.29, 1.82) is 0 Å². The van der Waals surface area contributed by atoms with Crippen molar-refractivity contribution in [2.45, 2.75) is 13.5 Å². The monoisotopic (exact) mass is 362 g/mol. The lowest BCUT2D eigenvalue weighted by atomic mass is 10.1. The molecule has 1 heterocycles. The van der Waals surface area contributed by atoms with Gasteiger partial charge in [-0.25, -0.2) is 8.78 Å². The molecule has 0 saturated carbocycles. The maximum Gasteiger partial charge on any atom is 0.255 e. The SMILES string of the molecule is Cc1c(CN2CCSCC2)cccc1NC(=O)c1cc(F)cc(F)c1. The van der Waals surface area contributed by atoms with E-state index in [2.05, 4.69) is 16.3 Å². The maximum absolute atomic E-state index is 13.3. The van der Waals surface area contributed by atoms with Crippen LogP contribution in [0.2, 0.25) is 0 Å². The van der Waals surface area contributed by atoms with E-state index in [1.54, 1.807) is 6.07 Å². The van der Waals surface area contributed by atoms with E-state index in [1.807, 2.05) is 24.8 Å². The van der Waals surface area contributed by atoms with E-state index in [9.17, 15) is 13.6 Å². The van der Waals surface area contributed by atoms with E-state index in [0.717, 1.165) is 60.5 Å². The van der Waals surface area contributed by atoms with Gasteiger partial charge in [0.05, 0.1) is 0 Å². The second kappa shape index (κ2) is 7.97. The third kappa shape index (κ3) is 4.58. The van der Waals surface area contributed by atoms with Crippen molar-refractivity contribution in [2.24, 2.45) is 0 Å². The van der Waals surface area contributed by atoms with Crippen molar-refractivity contribution < 1.29 is 13.6 Å². The highest BCUT2D eigenvalue weighted by atomic mass is 32.2. The molecule has 2 aromatic carbocycles. The zero-order valence-corrected chi connectivity index (χ0v) is 14.8. The van der Waals surface area contributed by atoms with Gasteiger partial charge in [-0.2, -0.15) is 11.8 Å². The number of benzene rings is 2. The molecule has 0 spiro atoms. The molecule has 1 fully saturated rings. The van der Waals surface area contributed by atoms with Crippen LogP contribution in [0.3, 0.4) is 0 Å². The lowest BCUT2D eigenvalue weighted by Crippen LogP contribution is -2.32. The van der Waals surface area contributed by atoms with Crippen molar-refractivity contribution in [3.05, 3.63) is 64.7 Å². The summed E-state index contributed by atoms with van der Waals surface area (Å²) in [5.74, 6) is 0.228. The number of hydrogen-bond donors (Lipinski definition) is 1. The van der Waals surface area contributed by atoms with Crippen molar-refractivity contribution in [1.82, 2.24) is 4.90 Å². The lowest BCUT2D eigenvalue weighted by molar-refractivity contribution is 0.102. The summed E-state index contributed by atoms with van der Waals surface area (Å²) < 4.78 is 26.6. The fraction of sp³-hybridized carbons (Fsp3) is 0.316. The summed E-state index contributed by atoms with van der Waals surface area (Å²) >= 11 is 1.96. The number of rotatable bonds is 4. The lowest BCUT2D eigenvalue weighted by Gasteiger charge is -2.27. The number of carbonyl (C=O) groups is 1. The van der Waals surface area contributed by atoms with Crippen LogP contribution >= 0.6 is 11.8 Å². The molecule has 0 atom stereocenters. The van der Waals surface area contributed by atoms with Gasteiger partial charge in [0.1, 0.15) is 11.6 Å². The standard InChI is InChI=1S/C19H20F2N2OS/c1-13-14(12-23-5-7-25-8-6-23)3-2-4-18(13)22-19(24)15-9-16(20)11-17(21)10-15/h2-4,9-11H,5-8,12H2,1H3,(H,22,24). The molecule has 0 aromatic heterocycles. The predicted molar refractivity (Wildman–Crippen MR) is 98.1 cm³/mol. The second-order valence-corrected chi connectivity index (χ2v) is 7.32. The normalized spacial score (nSPS) is 15.2. The predicted octanol–water partition coefficient (Wildman–Crippen LogP) is 4.07. The number of carbonyl (C=O) groups excluding carboxylic acids is 1. The molecule has 0 aliphatic carbocycles. The first kappa shape index (κ1) is 17.9. The molecule has 3 rings (SSSR count). The highest BCUT2D eigenvalue weighted by Crippen LogP contribution is 2.22. The molecule has 1 amide bonds. The van der Waals surface area contributed by atoms with Gasteiger partial charge in [-0.1, -0.05) is 12.1 Å². The Morgan fingerprint density at radius 2 is 1.84 bits per heavy atom. The molecule has 0 unspecified atom stereocenters. The van der Waals surface area contributed by atoms with Crippen molar-refractivity contribution in [3.8, 4) is 0 Å². The minimum atomic E-state index is -0.765. The molecule has 132 valence electrons. The van der Waals surface area contributed by atoms with E-state index in [1.165, 1.54) is 0 Å². The first-order valence-corrected chi connectivity index (χ1v) is 9.34. The van der Waals surface area contributed by atoms with Gasteiger partial charge in [-0.05, 0) is 36.2 Å². The molecular formula is C19H20F2N2OS. The number of thioether (sulfide) groups is 1. The van der Waals surface area contributed by atoms with Crippen molar-refractivity contribution in [3.63, 3.8) is 0 Å². The molecule has 1 N–H and O–H groups in total. The number of halogens is 2. The quantitative estimate of drug-likeness (QED) is 0.890. The summed E-state index contributed by atoms with van der Waals surface area (Å²) in [6, 6.07) is 8.56. The highest BCUT2D eigenvalue weighted by Gasteiger charge is 2.15. The van der Waals surface area contributed by atoms with Crippen LogP contribution in [-0.2, 0) is 6.54 Å². The fourth-order valence-corrected chi connectivity index (χ4v) is 3.85. The van der Waals surface area contributed by atoms with Gasteiger partial charge in [0, 0.05) is 48.5 Å². The van der Waals surface area contributed by atoms with E-state index < -0.39 is 17.5 Å². The van der Waals surface area contributed by atoms with Gasteiger partial charge < -0.3 is 5.32 Å². The van der Waals surface area contributed by atoms with Crippen molar-refractivity contribution >= 4 is 23.4 Å². The Balaban J connectivity index is 1.75. The zero-order valence-electron chi connectivity index (χ0n) is 14.0. The number of anilines is 1. The minimum Gasteiger partial charge on any atom is -0.322 e. The molecule has 0 radical (unpaired) electrons. The van der Waals surface area contributed by atoms with Crippen LogP contribution in [0.25, 0.3) is 0 Å². The van der Waals surface area contributed by atoms with Gasteiger partial charge in [0.2, 0.25) is 0 Å². The summed E-state index contributed by atoms with van der Waals surface area (Å²) in [5, 5.41) is 2.76. The first-order chi connectivity index (χ1) is 12.0. The van der Waals surface area contributed by atoms with Gasteiger partial charge in [0.15, 0.2) is 0 Å². The molecule has 3 nitrogen and oxygen atoms in total. The molecule has 1 aliphatic rings. The Bertz CT molecular complexity index is 756. The number of nitrogens with one attached hydrogen (secondary N) is 1. The van der Waals surface area contributed by atoms with Crippen LogP contribution in [0.1, 0.15) is 21.5 Å². The van der Waals surface area contributed by atoms with Crippen LogP contribution in [-0.4, -0.2) is 35.4 Å². The maximum atomic E-state index is 13.3. The fourth-order valence-electron chi connectivity index (χ4n) is 2.87. The summed E-state index contributed by atoms with van der Waals surface area (Å²) in [7, 11) is 0. The summed E-state index contributed by atoms with van der Waals surface area (Å²) in [6.45, 7) is 4.91. The first-order valence-electron chi connectivity index (χ1n) is 8.19. The van der Waals surface area contributed by atoms with Gasteiger partial charge in [-0.15, -0.1) is 0 Å². The summed E-state index contributed by atoms with van der Waals surface area (Å²) in [4.78, 5) is 14.7. The molecule has 6 heteroatoms. The van der Waals surface area contributed by atoms with Crippen LogP contribution in [0.4, 0.5) is 14.5 Å². The molecular weight excluding hydrogens is 342 g/mol. The Hall–Kier alpha value is -1.92. The number of nitrogens with zero attached hydrogens (tertiary/aromatic N) is 1. The summed E-state index contributed by atoms with van der Waals surface area (Å²) in [5.41, 5.74) is 2.76.